The number of aromatic nitrogens is 2. The third-order valence-corrected chi connectivity index (χ3v) is 9.24. The summed E-state index contributed by atoms with van der Waals surface area (Å²) in [6, 6.07) is 6.25. The summed E-state index contributed by atoms with van der Waals surface area (Å²) in [5.41, 5.74) is 0.767. The molecule has 3 fully saturated rings. The molecule has 1 aromatic carbocycles. The summed E-state index contributed by atoms with van der Waals surface area (Å²) in [4.78, 5) is 22.4. The van der Waals surface area contributed by atoms with Gasteiger partial charge in [0.15, 0.2) is 0 Å². The predicted molar refractivity (Wildman–Crippen MR) is 144 cm³/mol. The van der Waals surface area contributed by atoms with Gasteiger partial charge in [0.05, 0.1) is 24.2 Å². The molecular weight excluding hydrogens is 508 g/mol. The fourth-order valence-electron chi connectivity index (χ4n) is 4.80. The molecule has 2 heterocycles. The van der Waals surface area contributed by atoms with Crippen molar-refractivity contribution in [2.24, 2.45) is 5.92 Å². The monoisotopic (exact) mass is 544 g/mol. The highest BCUT2D eigenvalue weighted by molar-refractivity contribution is 7.89. The third-order valence-electron chi connectivity index (χ3n) is 7.32. The van der Waals surface area contributed by atoms with E-state index in [-0.39, 0.29) is 17.0 Å². The first-order valence-electron chi connectivity index (χ1n) is 13.4. The molecule has 0 unspecified atom stereocenters. The van der Waals surface area contributed by atoms with Crippen molar-refractivity contribution in [3.63, 3.8) is 0 Å². The maximum Gasteiger partial charge on any atom is 0.260 e. The Morgan fingerprint density at radius 1 is 1.05 bits per heavy atom. The van der Waals surface area contributed by atoms with Gasteiger partial charge in [-0.3, -0.25) is 4.79 Å². The number of morpholine rings is 1. The molecule has 1 amide bonds. The van der Waals surface area contributed by atoms with Crippen LogP contribution in [0.3, 0.4) is 0 Å². The molecule has 12 heteroatoms. The Bertz CT molecular complexity index is 1210. The Labute approximate surface area is 223 Å². The molecule has 1 aromatic heterocycles. The zero-order valence-electron chi connectivity index (χ0n) is 21.4. The fraction of sp³-hybridized carbons (Fsp3) is 0.577. The van der Waals surface area contributed by atoms with Crippen molar-refractivity contribution in [2.75, 3.05) is 48.8 Å². The largest absolute Gasteiger partial charge is 0.393 e. The molecule has 0 bridgehead atoms. The van der Waals surface area contributed by atoms with E-state index in [4.69, 9.17) is 4.74 Å². The summed E-state index contributed by atoms with van der Waals surface area (Å²) in [6.07, 6.45) is 7.85. The minimum absolute atomic E-state index is 0.101. The minimum atomic E-state index is -3.61. The number of sulfonamides is 1. The number of aliphatic hydroxyl groups excluding tert-OH is 1. The number of amides is 1. The molecule has 5 rings (SSSR count). The van der Waals surface area contributed by atoms with E-state index >= 15 is 0 Å². The van der Waals surface area contributed by atoms with Crippen LogP contribution >= 0.6 is 0 Å². The standard InChI is InChI=1S/C26H36N6O5S/c33-21-7-3-19(4-8-21)29-24-23(17-28-26(31-24)27-12-11-18-1-2-18)25(34)30-20-5-9-22(10-6-20)38(35,36)32-13-15-37-16-14-32/h5-6,9-10,17-19,21,33H,1-4,7-8,11-16H2,(H,30,34)(H2,27,28,29,31). The normalized spacial score (nSPS) is 22.6. The van der Waals surface area contributed by atoms with E-state index in [1.54, 1.807) is 12.1 Å². The molecule has 4 N–H and O–H groups in total. The highest BCUT2D eigenvalue weighted by atomic mass is 32.2. The van der Waals surface area contributed by atoms with E-state index in [1.165, 1.54) is 35.5 Å². The number of nitrogens with one attached hydrogen (secondary N) is 3. The van der Waals surface area contributed by atoms with Crippen LogP contribution in [0.15, 0.2) is 35.4 Å². The number of aliphatic hydroxyl groups is 1. The lowest BCUT2D eigenvalue weighted by Gasteiger charge is -2.27. The van der Waals surface area contributed by atoms with Crippen molar-refractivity contribution in [1.82, 2.24) is 14.3 Å². The van der Waals surface area contributed by atoms with E-state index in [2.05, 4.69) is 25.9 Å². The zero-order valence-corrected chi connectivity index (χ0v) is 22.3. The molecule has 38 heavy (non-hydrogen) atoms. The number of rotatable bonds is 10. The van der Waals surface area contributed by atoms with Crippen molar-refractivity contribution < 1.29 is 23.1 Å². The van der Waals surface area contributed by atoms with Gasteiger partial charge in [-0.25, -0.2) is 13.4 Å². The van der Waals surface area contributed by atoms with Crippen LogP contribution in [-0.2, 0) is 14.8 Å². The molecule has 11 nitrogen and oxygen atoms in total. The molecule has 2 saturated carbocycles. The Balaban J connectivity index is 1.28. The smallest absolute Gasteiger partial charge is 0.260 e. The second-order valence-corrected chi connectivity index (χ2v) is 12.2. The van der Waals surface area contributed by atoms with Crippen molar-refractivity contribution >= 4 is 33.4 Å². The van der Waals surface area contributed by atoms with E-state index in [1.807, 2.05) is 0 Å². The van der Waals surface area contributed by atoms with Gasteiger partial charge in [-0.1, -0.05) is 12.8 Å². The highest BCUT2D eigenvalue weighted by Crippen LogP contribution is 2.32. The number of nitrogens with zero attached hydrogens (tertiary/aromatic N) is 3. The summed E-state index contributed by atoms with van der Waals surface area (Å²) in [6.45, 7) is 2.18. The molecule has 0 atom stereocenters. The van der Waals surface area contributed by atoms with Gasteiger partial charge in [-0.15, -0.1) is 0 Å². The van der Waals surface area contributed by atoms with Gasteiger partial charge in [0.1, 0.15) is 11.4 Å². The predicted octanol–water partition coefficient (Wildman–Crippen LogP) is 2.68. The van der Waals surface area contributed by atoms with Crippen molar-refractivity contribution in [3.05, 3.63) is 36.0 Å². The Hall–Kier alpha value is -2.80. The lowest BCUT2D eigenvalue weighted by molar-refractivity contribution is 0.0730. The van der Waals surface area contributed by atoms with Gasteiger partial charge < -0.3 is 25.8 Å². The van der Waals surface area contributed by atoms with Gasteiger partial charge in [-0.05, 0) is 62.3 Å². The number of hydrogen-bond donors (Lipinski definition) is 4. The lowest BCUT2D eigenvalue weighted by atomic mass is 9.93. The van der Waals surface area contributed by atoms with Crippen molar-refractivity contribution in [3.8, 4) is 0 Å². The number of ether oxygens (including phenoxy) is 1. The first-order chi connectivity index (χ1) is 18.4. The number of anilines is 3. The van der Waals surface area contributed by atoms with Crippen molar-refractivity contribution in [1.29, 1.82) is 0 Å². The summed E-state index contributed by atoms with van der Waals surface area (Å²) in [5.74, 6) is 1.31. The van der Waals surface area contributed by atoms with Gasteiger partial charge in [0.2, 0.25) is 16.0 Å². The van der Waals surface area contributed by atoms with Crippen LogP contribution in [0, 0.1) is 5.92 Å². The number of carbonyl (C=O) groups is 1. The second-order valence-electron chi connectivity index (χ2n) is 10.3. The molecular formula is C26H36N6O5S. The second kappa shape index (κ2) is 11.9. The molecule has 2 aromatic rings. The maximum absolute atomic E-state index is 13.2. The molecule has 1 aliphatic heterocycles. The molecule has 206 valence electrons. The summed E-state index contributed by atoms with van der Waals surface area (Å²) >= 11 is 0. The summed E-state index contributed by atoms with van der Waals surface area (Å²) in [5, 5.41) is 19.4. The fourth-order valence-corrected chi connectivity index (χ4v) is 6.20. The number of benzene rings is 1. The van der Waals surface area contributed by atoms with E-state index in [0.717, 1.165) is 31.7 Å². The quantitative estimate of drug-likeness (QED) is 0.355. The summed E-state index contributed by atoms with van der Waals surface area (Å²) in [7, 11) is -3.61. The molecule has 2 aliphatic carbocycles. The number of carbonyl (C=O) groups excluding carboxylic acids is 1. The van der Waals surface area contributed by atoms with Gasteiger partial charge >= 0.3 is 0 Å². The van der Waals surface area contributed by atoms with E-state index < -0.39 is 15.9 Å². The average molecular weight is 545 g/mol. The Morgan fingerprint density at radius 2 is 1.76 bits per heavy atom. The van der Waals surface area contributed by atoms with E-state index in [0.29, 0.717) is 62.2 Å². The van der Waals surface area contributed by atoms with Crippen LogP contribution in [0.1, 0.15) is 55.3 Å². The Morgan fingerprint density at radius 3 is 2.45 bits per heavy atom. The molecule has 0 radical (unpaired) electrons. The van der Waals surface area contributed by atoms with Gasteiger partial charge in [0, 0.05) is 37.6 Å². The van der Waals surface area contributed by atoms with E-state index in [9.17, 15) is 18.3 Å². The minimum Gasteiger partial charge on any atom is -0.393 e. The SMILES string of the molecule is O=C(Nc1ccc(S(=O)(=O)N2CCOCC2)cc1)c1cnc(NCCC2CC2)nc1NC1CCC(O)CC1. The van der Waals surface area contributed by atoms with Crippen LogP contribution in [0.4, 0.5) is 17.5 Å². The van der Waals surface area contributed by atoms with Crippen LogP contribution in [0.2, 0.25) is 0 Å². The average Bonchev–Trinajstić information content (AvgIpc) is 3.75. The van der Waals surface area contributed by atoms with Gasteiger partial charge in [-0.2, -0.15) is 9.29 Å². The van der Waals surface area contributed by atoms with Crippen LogP contribution in [-0.4, -0.2) is 78.7 Å². The molecule has 3 aliphatic rings. The van der Waals surface area contributed by atoms with Crippen LogP contribution in [0.5, 0.6) is 0 Å². The molecule has 0 spiro atoms. The first kappa shape index (κ1) is 26.8. The topological polar surface area (TPSA) is 146 Å². The first-order valence-corrected chi connectivity index (χ1v) is 14.9. The highest BCUT2D eigenvalue weighted by Gasteiger charge is 2.27. The van der Waals surface area contributed by atoms with Crippen LogP contribution in [0.25, 0.3) is 0 Å². The zero-order chi connectivity index (χ0) is 26.5. The molecule has 1 saturated heterocycles. The van der Waals surface area contributed by atoms with Crippen molar-refractivity contribution in [2.45, 2.75) is 62.0 Å². The summed E-state index contributed by atoms with van der Waals surface area (Å²) < 4.78 is 32.4. The number of hydrogen-bond acceptors (Lipinski definition) is 9. The van der Waals surface area contributed by atoms with Crippen LogP contribution < -0.4 is 16.0 Å². The Kier molecular flexibility index (Phi) is 8.42. The third kappa shape index (κ3) is 6.79. The van der Waals surface area contributed by atoms with Gasteiger partial charge in [0.25, 0.3) is 5.91 Å². The lowest BCUT2D eigenvalue weighted by Crippen LogP contribution is -2.40. The maximum atomic E-state index is 13.2.